The van der Waals surface area contributed by atoms with Crippen LogP contribution in [0.2, 0.25) is 0 Å². The minimum absolute atomic E-state index is 0.0131. The van der Waals surface area contributed by atoms with Crippen LogP contribution in [0.3, 0.4) is 0 Å². The third-order valence-electron chi connectivity index (χ3n) is 3.62. The Bertz CT molecular complexity index is 266. The summed E-state index contributed by atoms with van der Waals surface area (Å²) < 4.78 is 5.65. The maximum atomic E-state index is 12.2. The van der Waals surface area contributed by atoms with Crippen LogP contribution < -0.4 is 5.73 Å². The molecule has 92 valence electrons. The molecule has 2 fully saturated rings. The Morgan fingerprint density at radius 2 is 2.19 bits per heavy atom. The number of nitrogens with two attached hydrogens (primary N) is 1. The summed E-state index contributed by atoms with van der Waals surface area (Å²) in [5, 5.41) is 0. The number of ether oxygens (including phenoxy) is 1. The number of nitrogens with zero attached hydrogens (tertiary/aromatic N) is 1. The topological polar surface area (TPSA) is 55.6 Å². The quantitative estimate of drug-likeness (QED) is 0.767. The summed E-state index contributed by atoms with van der Waals surface area (Å²) in [7, 11) is 0. The van der Waals surface area contributed by atoms with Crippen molar-refractivity contribution in [2.75, 3.05) is 19.6 Å². The average molecular weight is 226 g/mol. The normalized spacial score (nSPS) is 32.6. The number of hydrogen-bond donors (Lipinski definition) is 1. The van der Waals surface area contributed by atoms with Crippen LogP contribution >= 0.6 is 0 Å². The van der Waals surface area contributed by atoms with Gasteiger partial charge in [-0.05, 0) is 25.7 Å². The summed E-state index contributed by atoms with van der Waals surface area (Å²) in [5.41, 5.74) is 5.61. The zero-order valence-electron chi connectivity index (χ0n) is 10.2. The molecule has 2 N–H and O–H groups in total. The molecule has 0 spiro atoms. The Morgan fingerprint density at radius 3 is 2.75 bits per heavy atom. The lowest BCUT2D eigenvalue weighted by Gasteiger charge is -2.37. The van der Waals surface area contributed by atoms with Gasteiger partial charge in [0, 0.05) is 25.6 Å². The van der Waals surface area contributed by atoms with E-state index < -0.39 is 0 Å². The van der Waals surface area contributed by atoms with Crippen molar-refractivity contribution in [3.63, 3.8) is 0 Å². The van der Waals surface area contributed by atoms with Gasteiger partial charge in [-0.3, -0.25) is 4.79 Å². The molecule has 2 rings (SSSR count). The molecule has 2 aliphatic rings. The number of amides is 1. The third kappa shape index (κ3) is 2.55. The van der Waals surface area contributed by atoms with E-state index in [9.17, 15) is 4.79 Å². The molecule has 1 aliphatic carbocycles. The molecule has 4 heteroatoms. The van der Waals surface area contributed by atoms with Crippen molar-refractivity contribution in [1.82, 2.24) is 4.90 Å². The predicted octanol–water partition coefficient (Wildman–Crippen LogP) is 0.607. The summed E-state index contributed by atoms with van der Waals surface area (Å²) in [6.45, 7) is 5.93. The highest BCUT2D eigenvalue weighted by Crippen LogP contribution is 2.37. The van der Waals surface area contributed by atoms with Crippen LogP contribution in [0, 0.1) is 11.8 Å². The molecule has 0 aromatic heterocycles. The summed E-state index contributed by atoms with van der Waals surface area (Å²) in [6.07, 6.45) is 2.55. The van der Waals surface area contributed by atoms with Crippen molar-refractivity contribution in [2.45, 2.75) is 38.9 Å². The van der Waals surface area contributed by atoms with Crippen molar-refractivity contribution in [1.29, 1.82) is 0 Å². The molecule has 3 atom stereocenters. The van der Waals surface area contributed by atoms with Gasteiger partial charge >= 0.3 is 0 Å². The lowest BCUT2D eigenvalue weighted by atomic mass is 10.0. The molecular weight excluding hydrogens is 204 g/mol. The summed E-state index contributed by atoms with van der Waals surface area (Å²) in [4.78, 5) is 14.2. The third-order valence-corrected chi connectivity index (χ3v) is 3.62. The molecule has 3 unspecified atom stereocenters. The van der Waals surface area contributed by atoms with E-state index in [1.54, 1.807) is 0 Å². The van der Waals surface area contributed by atoms with Crippen molar-refractivity contribution in [3.8, 4) is 0 Å². The molecular formula is C12H22N2O2. The van der Waals surface area contributed by atoms with Crippen LogP contribution in [0.25, 0.3) is 0 Å². The van der Waals surface area contributed by atoms with Gasteiger partial charge in [0.05, 0.1) is 12.2 Å². The van der Waals surface area contributed by atoms with E-state index in [-0.39, 0.29) is 24.0 Å². The lowest BCUT2D eigenvalue weighted by Crippen LogP contribution is -2.52. The first-order chi connectivity index (χ1) is 7.61. The highest BCUT2D eigenvalue weighted by atomic mass is 16.5. The predicted molar refractivity (Wildman–Crippen MR) is 61.9 cm³/mol. The standard InChI is InChI=1S/C12H22N2O2/c1-8-6-14(7-11(5-13)16-8)12(15)9(2)10-3-4-10/h8-11H,3-7,13H2,1-2H3. The Labute approximate surface area is 97.1 Å². The second-order valence-corrected chi connectivity index (χ2v) is 5.17. The number of carbonyl (C=O) groups is 1. The van der Waals surface area contributed by atoms with Gasteiger partial charge in [0.2, 0.25) is 5.91 Å². The second-order valence-electron chi connectivity index (χ2n) is 5.17. The Balaban J connectivity index is 1.93. The van der Waals surface area contributed by atoms with E-state index in [1.165, 1.54) is 12.8 Å². The van der Waals surface area contributed by atoms with Gasteiger partial charge < -0.3 is 15.4 Å². The fourth-order valence-corrected chi connectivity index (χ4v) is 2.44. The molecule has 0 aromatic carbocycles. The molecule has 4 nitrogen and oxygen atoms in total. The Morgan fingerprint density at radius 1 is 1.50 bits per heavy atom. The second kappa shape index (κ2) is 4.72. The van der Waals surface area contributed by atoms with Crippen molar-refractivity contribution >= 4 is 5.91 Å². The number of rotatable bonds is 3. The number of carbonyl (C=O) groups excluding carboxylic acids is 1. The molecule has 1 aliphatic heterocycles. The maximum Gasteiger partial charge on any atom is 0.225 e. The van der Waals surface area contributed by atoms with Crippen LogP contribution in [0.4, 0.5) is 0 Å². The minimum atomic E-state index is 0.0131. The van der Waals surface area contributed by atoms with Gasteiger partial charge in [-0.25, -0.2) is 0 Å². The van der Waals surface area contributed by atoms with Crippen LogP contribution in [-0.4, -0.2) is 42.6 Å². The molecule has 16 heavy (non-hydrogen) atoms. The fraction of sp³-hybridized carbons (Fsp3) is 0.917. The monoisotopic (exact) mass is 226 g/mol. The van der Waals surface area contributed by atoms with Crippen molar-refractivity contribution < 1.29 is 9.53 Å². The van der Waals surface area contributed by atoms with E-state index in [2.05, 4.69) is 6.92 Å². The first kappa shape index (κ1) is 11.9. The minimum Gasteiger partial charge on any atom is -0.370 e. The molecule has 1 saturated heterocycles. The van der Waals surface area contributed by atoms with Crippen molar-refractivity contribution in [3.05, 3.63) is 0 Å². The molecule has 0 bridgehead atoms. The molecule has 1 amide bonds. The van der Waals surface area contributed by atoms with E-state index in [1.807, 2.05) is 11.8 Å². The van der Waals surface area contributed by atoms with Gasteiger partial charge in [0.15, 0.2) is 0 Å². The number of hydrogen-bond acceptors (Lipinski definition) is 3. The van der Waals surface area contributed by atoms with E-state index in [0.717, 1.165) is 0 Å². The fourth-order valence-electron chi connectivity index (χ4n) is 2.44. The first-order valence-corrected chi connectivity index (χ1v) is 6.26. The summed E-state index contributed by atoms with van der Waals surface area (Å²) >= 11 is 0. The molecule has 0 radical (unpaired) electrons. The SMILES string of the molecule is CC1CN(C(=O)C(C)C2CC2)CC(CN)O1. The molecule has 1 heterocycles. The zero-order chi connectivity index (χ0) is 11.7. The summed E-state index contributed by atoms with van der Waals surface area (Å²) in [5.74, 6) is 1.10. The smallest absolute Gasteiger partial charge is 0.225 e. The highest BCUT2D eigenvalue weighted by Gasteiger charge is 2.37. The lowest BCUT2D eigenvalue weighted by molar-refractivity contribution is -0.148. The Hall–Kier alpha value is -0.610. The van der Waals surface area contributed by atoms with E-state index in [4.69, 9.17) is 10.5 Å². The highest BCUT2D eigenvalue weighted by molar-refractivity contribution is 5.79. The van der Waals surface area contributed by atoms with E-state index in [0.29, 0.717) is 25.6 Å². The number of morpholine rings is 1. The maximum absolute atomic E-state index is 12.2. The van der Waals surface area contributed by atoms with Gasteiger partial charge in [-0.15, -0.1) is 0 Å². The van der Waals surface area contributed by atoms with Crippen molar-refractivity contribution in [2.24, 2.45) is 17.6 Å². The average Bonchev–Trinajstić information content (AvgIpc) is 3.10. The zero-order valence-corrected chi connectivity index (χ0v) is 10.2. The van der Waals surface area contributed by atoms with Crippen LogP contribution in [0.15, 0.2) is 0 Å². The first-order valence-electron chi connectivity index (χ1n) is 6.26. The largest absolute Gasteiger partial charge is 0.370 e. The van der Waals surface area contributed by atoms with Crippen LogP contribution in [0.1, 0.15) is 26.7 Å². The van der Waals surface area contributed by atoms with Gasteiger partial charge in [-0.1, -0.05) is 6.92 Å². The van der Waals surface area contributed by atoms with E-state index >= 15 is 0 Å². The summed E-state index contributed by atoms with van der Waals surface area (Å²) in [6, 6.07) is 0. The van der Waals surface area contributed by atoms with Gasteiger partial charge in [-0.2, -0.15) is 0 Å². The van der Waals surface area contributed by atoms with Gasteiger partial charge in [0.25, 0.3) is 0 Å². The Kier molecular flexibility index (Phi) is 3.50. The van der Waals surface area contributed by atoms with Gasteiger partial charge in [0.1, 0.15) is 0 Å². The molecule has 1 saturated carbocycles. The molecule has 0 aromatic rings. The van der Waals surface area contributed by atoms with Crippen LogP contribution in [-0.2, 0) is 9.53 Å². The van der Waals surface area contributed by atoms with Crippen LogP contribution in [0.5, 0.6) is 0 Å².